The van der Waals surface area contributed by atoms with Gasteiger partial charge in [-0.15, -0.1) is 0 Å². The van der Waals surface area contributed by atoms with Gasteiger partial charge in [0.1, 0.15) is 0 Å². The van der Waals surface area contributed by atoms with Crippen LogP contribution in [0.1, 0.15) is 37.4 Å². The molecule has 27 heavy (non-hydrogen) atoms. The van der Waals surface area contributed by atoms with E-state index < -0.39 is 0 Å². The number of hydrogen-bond acceptors (Lipinski definition) is 2. The molecule has 0 unspecified atom stereocenters. The van der Waals surface area contributed by atoms with Crippen molar-refractivity contribution in [1.29, 1.82) is 0 Å². The van der Waals surface area contributed by atoms with Gasteiger partial charge in [0.15, 0.2) is 0 Å². The highest BCUT2D eigenvalue weighted by Gasteiger charge is 2.13. The molecular formula is C23H22N2O2. The normalized spacial score (nSPS) is 10.3. The molecule has 0 fully saturated rings. The lowest BCUT2D eigenvalue weighted by molar-refractivity contribution is 0.101. The average molecular weight is 358 g/mol. The third-order valence-electron chi connectivity index (χ3n) is 4.23. The largest absolute Gasteiger partial charge is 0.320 e. The van der Waals surface area contributed by atoms with Gasteiger partial charge in [0.2, 0.25) is 0 Å². The molecule has 0 aliphatic carbocycles. The Kier molecular flexibility index (Phi) is 5.36. The Hall–Kier alpha value is -3.40. The summed E-state index contributed by atoms with van der Waals surface area (Å²) in [6, 6.07) is 20.3. The van der Waals surface area contributed by atoms with Crippen LogP contribution in [-0.2, 0) is 0 Å². The van der Waals surface area contributed by atoms with Crippen LogP contribution < -0.4 is 10.6 Å². The fourth-order valence-electron chi connectivity index (χ4n) is 2.83. The topological polar surface area (TPSA) is 58.2 Å². The van der Waals surface area contributed by atoms with Crippen LogP contribution in [0.3, 0.4) is 0 Å². The Morgan fingerprint density at radius 1 is 0.593 bits per heavy atom. The second-order valence-corrected chi connectivity index (χ2v) is 6.70. The Balaban J connectivity index is 1.85. The van der Waals surface area contributed by atoms with E-state index in [4.69, 9.17) is 0 Å². The molecule has 0 aliphatic rings. The summed E-state index contributed by atoms with van der Waals surface area (Å²) in [5.41, 5.74) is 5.30. The highest BCUT2D eigenvalue weighted by molar-refractivity contribution is 6.10. The molecule has 0 heterocycles. The van der Waals surface area contributed by atoms with Gasteiger partial charge in [0, 0.05) is 11.1 Å². The molecule has 3 rings (SSSR count). The van der Waals surface area contributed by atoms with Crippen molar-refractivity contribution in [2.24, 2.45) is 0 Å². The maximum Gasteiger partial charge on any atom is 0.255 e. The first-order valence-electron chi connectivity index (χ1n) is 8.79. The van der Waals surface area contributed by atoms with Crippen molar-refractivity contribution >= 4 is 23.2 Å². The third-order valence-corrected chi connectivity index (χ3v) is 4.23. The molecule has 136 valence electrons. The van der Waals surface area contributed by atoms with Crippen molar-refractivity contribution < 1.29 is 9.59 Å². The lowest BCUT2D eigenvalue weighted by Crippen LogP contribution is -2.17. The quantitative estimate of drug-likeness (QED) is 0.680. The van der Waals surface area contributed by atoms with Gasteiger partial charge in [-0.3, -0.25) is 9.59 Å². The average Bonchev–Trinajstić information content (AvgIpc) is 2.64. The van der Waals surface area contributed by atoms with E-state index in [1.807, 2.05) is 69.3 Å². The first kappa shape index (κ1) is 18.4. The number of nitrogens with one attached hydrogen (secondary N) is 2. The zero-order valence-electron chi connectivity index (χ0n) is 15.7. The van der Waals surface area contributed by atoms with Crippen molar-refractivity contribution in [3.05, 3.63) is 94.5 Å². The van der Waals surface area contributed by atoms with Crippen LogP contribution in [0.5, 0.6) is 0 Å². The van der Waals surface area contributed by atoms with Crippen molar-refractivity contribution in [3.63, 3.8) is 0 Å². The molecule has 0 radical (unpaired) electrons. The predicted molar refractivity (Wildman–Crippen MR) is 109 cm³/mol. The Bertz CT molecular complexity index is 1010. The van der Waals surface area contributed by atoms with Crippen molar-refractivity contribution in [3.8, 4) is 0 Å². The summed E-state index contributed by atoms with van der Waals surface area (Å²) >= 11 is 0. The van der Waals surface area contributed by atoms with Crippen LogP contribution >= 0.6 is 0 Å². The Morgan fingerprint density at radius 2 is 1.07 bits per heavy atom. The minimum atomic E-state index is -0.214. The Morgan fingerprint density at radius 3 is 1.59 bits per heavy atom. The molecule has 2 amide bonds. The summed E-state index contributed by atoms with van der Waals surface area (Å²) in [6.45, 7) is 5.82. The van der Waals surface area contributed by atoms with E-state index in [0.29, 0.717) is 22.5 Å². The van der Waals surface area contributed by atoms with Gasteiger partial charge in [0.05, 0.1) is 11.4 Å². The SMILES string of the molecule is Cc1cccc(C(=O)Nc2ccc(C)cc2NC(=O)c2cccc(C)c2)c1. The summed E-state index contributed by atoms with van der Waals surface area (Å²) < 4.78 is 0. The van der Waals surface area contributed by atoms with Crippen LogP contribution in [0, 0.1) is 20.8 Å². The van der Waals surface area contributed by atoms with E-state index in [1.165, 1.54) is 0 Å². The van der Waals surface area contributed by atoms with E-state index >= 15 is 0 Å². The number of anilines is 2. The third kappa shape index (κ3) is 4.61. The number of benzene rings is 3. The summed E-state index contributed by atoms with van der Waals surface area (Å²) in [5, 5.41) is 5.81. The number of aryl methyl sites for hydroxylation is 3. The fourth-order valence-corrected chi connectivity index (χ4v) is 2.83. The zero-order valence-corrected chi connectivity index (χ0v) is 15.7. The molecule has 0 aromatic heterocycles. The maximum atomic E-state index is 12.6. The predicted octanol–water partition coefficient (Wildman–Crippen LogP) is 5.12. The van der Waals surface area contributed by atoms with E-state index in [1.54, 1.807) is 18.2 Å². The highest BCUT2D eigenvalue weighted by atomic mass is 16.2. The molecule has 3 aromatic rings. The second kappa shape index (κ2) is 7.87. The molecule has 0 saturated carbocycles. The molecular weight excluding hydrogens is 336 g/mol. The summed E-state index contributed by atoms with van der Waals surface area (Å²) in [5.74, 6) is -0.427. The standard InChI is InChI=1S/C23H22N2O2/c1-15-6-4-8-18(12-15)22(26)24-20-11-10-17(3)14-21(20)25-23(27)19-9-5-7-16(2)13-19/h4-14H,1-3H3,(H,24,26)(H,25,27). The smallest absolute Gasteiger partial charge is 0.255 e. The van der Waals surface area contributed by atoms with E-state index in [2.05, 4.69) is 10.6 Å². The van der Waals surface area contributed by atoms with Crippen LogP contribution in [-0.4, -0.2) is 11.8 Å². The van der Waals surface area contributed by atoms with E-state index in [9.17, 15) is 9.59 Å². The molecule has 4 nitrogen and oxygen atoms in total. The van der Waals surface area contributed by atoms with Crippen molar-refractivity contribution in [2.75, 3.05) is 10.6 Å². The number of amides is 2. The maximum absolute atomic E-state index is 12.6. The molecule has 0 aliphatic heterocycles. The highest BCUT2D eigenvalue weighted by Crippen LogP contribution is 2.25. The number of rotatable bonds is 4. The van der Waals surface area contributed by atoms with Crippen molar-refractivity contribution in [1.82, 2.24) is 0 Å². The van der Waals surface area contributed by atoms with Gasteiger partial charge in [-0.2, -0.15) is 0 Å². The Labute approximate surface area is 159 Å². The molecule has 0 bridgehead atoms. The van der Waals surface area contributed by atoms with Crippen LogP contribution in [0.4, 0.5) is 11.4 Å². The van der Waals surface area contributed by atoms with Gasteiger partial charge in [0.25, 0.3) is 11.8 Å². The lowest BCUT2D eigenvalue weighted by Gasteiger charge is -2.14. The van der Waals surface area contributed by atoms with Gasteiger partial charge >= 0.3 is 0 Å². The van der Waals surface area contributed by atoms with Gasteiger partial charge in [-0.1, -0.05) is 41.5 Å². The van der Waals surface area contributed by atoms with Crippen LogP contribution in [0.15, 0.2) is 66.7 Å². The van der Waals surface area contributed by atoms with Gasteiger partial charge in [-0.25, -0.2) is 0 Å². The fraction of sp³-hybridized carbons (Fsp3) is 0.130. The molecule has 0 saturated heterocycles. The van der Waals surface area contributed by atoms with Crippen molar-refractivity contribution in [2.45, 2.75) is 20.8 Å². The van der Waals surface area contributed by atoms with E-state index in [0.717, 1.165) is 16.7 Å². The number of carbonyl (C=O) groups is 2. The molecule has 3 aromatic carbocycles. The first-order valence-corrected chi connectivity index (χ1v) is 8.79. The summed E-state index contributed by atoms with van der Waals surface area (Å²) in [7, 11) is 0. The van der Waals surface area contributed by atoms with Gasteiger partial charge in [-0.05, 0) is 62.7 Å². The molecule has 0 spiro atoms. The summed E-state index contributed by atoms with van der Waals surface area (Å²) in [4.78, 5) is 25.2. The molecule has 4 heteroatoms. The zero-order chi connectivity index (χ0) is 19.4. The lowest BCUT2D eigenvalue weighted by atomic mass is 10.1. The second-order valence-electron chi connectivity index (χ2n) is 6.70. The summed E-state index contributed by atoms with van der Waals surface area (Å²) in [6.07, 6.45) is 0. The number of carbonyl (C=O) groups excluding carboxylic acids is 2. The van der Waals surface area contributed by atoms with Crippen LogP contribution in [0.2, 0.25) is 0 Å². The molecule has 0 atom stereocenters. The monoisotopic (exact) mass is 358 g/mol. The van der Waals surface area contributed by atoms with Gasteiger partial charge < -0.3 is 10.6 Å². The van der Waals surface area contributed by atoms with Crippen LogP contribution in [0.25, 0.3) is 0 Å². The van der Waals surface area contributed by atoms with E-state index in [-0.39, 0.29) is 11.8 Å². The minimum absolute atomic E-state index is 0.213. The minimum Gasteiger partial charge on any atom is -0.320 e. The first-order chi connectivity index (χ1) is 12.9. The number of hydrogen-bond donors (Lipinski definition) is 2. The molecule has 2 N–H and O–H groups in total.